The van der Waals surface area contributed by atoms with E-state index in [0.29, 0.717) is 13.0 Å². The van der Waals surface area contributed by atoms with Crippen molar-refractivity contribution in [2.75, 3.05) is 52.9 Å². The summed E-state index contributed by atoms with van der Waals surface area (Å²) in [5.74, 6) is -0.757. The van der Waals surface area contributed by atoms with E-state index in [1.807, 2.05) is 0 Å². The Kier molecular flexibility index (Phi) is 4.94. The van der Waals surface area contributed by atoms with Gasteiger partial charge in [-0.15, -0.1) is 0 Å². The van der Waals surface area contributed by atoms with Crippen LogP contribution in [0.3, 0.4) is 0 Å². The lowest BCUT2D eigenvalue weighted by atomic mass is 10.0. The van der Waals surface area contributed by atoms with Crippen LogP contribution in [0.2, 0.25) is 0 Å². The van der Waals surface area contributed by atoms with Crippen molar-refractivity contribution in [2.24, 2.45) is 0 Å². The molecule has 1 aromatic carbocycles. The molecule has 2 aliphatic rings. The Labute approximate surface area is 142 Å². The summed E-state index contributed by atoms with van der Waals surface area (Å²) < 4.78 is 40.3. The second-order valence-corrected chi connectivity index (χ2v) is 8.73. The van der Waals surface area contributed by atoms with Crippen molar-refractivity contribution in [3.8, 4) is 0 Å². The summed E-state index contributed by atoms with van der Waals surface area (Å²) in [6, 6.07) is 5.37. The molecule has 0 saturated carbocycles. The van der Waals surface area contributed by atoms with Gasteiger partial charge >= 0.3 is 0 Å². The highest BCUT2D eigenvalue weighted by molar-refractivity contribution is 7.89. The molecule has 0 aromatic heterocycles. The molecule has 0 radical (unpaired) electrons. The molecular formula is C16H24FN3O3S. The van der Waals surface area contributed by atoms with E-state index in [0.717, 1.165) is 32.2 Å². The molecule has 3 rings (SSSR count). The Bertz CT molecular complexity index is 692. The number of halogens is 1. The van der Waals surface area contributed by atoms with Gasteiger partial charge in [-0.1, -0.05) is 12.1 Å². The van der Waals surface area contributed by atoms with Gasteiger partial charge in [0.25, 0.3) is 0 Å². The fraction of sp³-hybridized carbons (Fsp3) is 0.625. The molecule has 6 nitrogen and oxygen atoms in total. The molecule has 1 aromatic rings. The molecule has 1 atom stereocenters. The second-order valence-electron chi connectivity index (χ2n) is 6.82. The number of sulfonamides is 1. The lowest BCUT2D eigenvalue weighted by Gasteiger charge is -2.36. The van der Waals surface area contributed by atoms with Crippen molar-refractivity contribution in [1.29, 1.82) is 0 Å². The molecule has 0 unspecified atom stereocenters. The first-order valence-corrected chi connectivity index (χ1v) is 9.62. The Morgan fingerprint density at radius 1 is 1.17 bits per heavy atom. The van der Waals surface area contributed by atoms with Gasteiger partial charge in [-0.3, -0.25) is 4.90 Å². The van der Waals surface area contributed by atoms with Crippen LogP contribution in [0.5, 0.6) is 0 Å². The maximum Gasteiger partial charge on any atom is 0.246 e. The highest BCUT2D eigenvalue weighted by atomic mass is 32.2. The molecule has 134 valence electrons. The SMILES string of the molecule is CN1CCN(C[C@@]2(O)CCN(S(=O)(=O)c3ccccc3F)C2)CC1. The molecule has 0 amide bonds. The molecule has 0 aliphatic carbocycles. The number of rotatable bonds is 4. The molecule has 1 N–H and O–H groups in total. The van der Waals surface area contributed by atoms with Gasteiger partial charge in [0.05, 0.1) is 5.60 Å². The Morgan fingerprint density at radius 2 is 1.83 bits per heavy atom. The van der Waals surface area contributed by atoms with Crippen LogP contribution in [-0.4, -0.2) is 86.1 Å². The number of hydrogen-bond donors (Lipinski definition) is 1. The number of nitrogens with zero attached hydrogens (tertiary/aromatic N) is 3. The number of aliphatic hydroxyl groups is 1. The maximum atomic E-state index is 13.9. The van der Waals surface area contributed by atoms with E-state index >= 15 is 0 Å². The summed E-state index contributed by atoms with van der Waals surface area (Å²) in [6.45, 7) is 4.26. The zero-order valence-corrected chi connectivity index (χ0v) is 14.7. The number of likely N-dealkylation sites (N-methyl/N-ethyl adjacent to an activating group) is 1. The smallest absolute Gasteiger partial charge is 0.246 e. The van der Waals surface area contributed by atoms with Crippen molar-refractivity contribution < 1.29 is 17.9 Å². The normalized spacial score (nSPS) is 27.6. The van der Waals surface area contributed by atoms with Crippen molar-refractivity contribution >= 4 is 10.0 Å². The summed E-state index contributed by atoms with van der Waals surface area (Å²) in [5, 5.41) is 10.8. The van der Waals surface area contributed by atoms with Gasteiger partial charge in [0, 0.05) is 45.8 Å². The van der Waals surface area contributed by atoms with Crippen LogP contribution < -0.4 is 0 Å². The van der Waals surface area contributed by atoms with Crippen LogP contribution in [0.15, 0.2) is 29.2 Å². The quantitative estimate of drug-likeness (QED) is 0.834. The Hall–Kier alpha value is -1.06. The maximum absolute atomic E-state index is 13.9. The van der Waals surface area contributed by atoms with Crippen LogP contribution in [0, 0.1) is 5.82 Å². The topological polar surface area (TPSA) is 64.1 Å². The standard InChI is InChI=1S/C16H24FN3O3S/c1-18-8-10-19(11-9-18)12-16(21)6-7-20(13-16)24(22,23)15-5-3-2-4-14(15)17/h2-5,21H,6-13H2,1H3/t16-/m0/s1. The third-order valence-corrected chi connectivity index (χ3v) is 6.74. The van der Waals surface area contributed by atoms with Crippen LogP contribution in [-0.2, 0) is 10.0 Å². The van der Waals surface area contributed by atoms with E-state index in [2.05, 4.69) is 16.8 Å². The Balaban J connectivity index is 1.69. The summed E-state index contributed by atoms with van der Waals surface area (Å²) in [5.41, 5.74) is -1.08. The largest absolute Gasteiger partial charge is 0.387 e. The van der Waals surface area contributed by atoms with E-state index in [9.17, 15) is 17.9 Å². The van der Waals surface area contributed by atoms with E-state index in [-0.39, 0.29) is 18.0 Å². The summed E-state index contributed by atoms with van der Waals surface area (Å²) in [6.07, 6.45) is 0.368. The van der Waals surface area contributed by atoms with Gasteiger partial charge < -0.3 is 10.0 Å². The third kappa shape index (κ3) is 3.62. The molecule has 24 heavy (non-hydrogen) atoms. The highest BCUT2D eigenvalue weighted by Crippen LogP contribution is 2.29. The fourth-order valence-corrected chi connectivity index (χ4v) is 4.95. The van der Waals surface area contributed by atoms with Gasteiger partial charge in [0.1, 0.15) is 10.7 Å². The second kappa shape index (κ2) is 6.68. The van der Waals surface area contributed by atoms with Crippen LogP contribution in [0.1, 0.15) is 6.42 Å². The zero-order valence-electron chi connectivity index (χ0n) is 13.9. The first-order chi connectivity index (χ1) is 11.3. The molecule has 2 fully saturated rings. The molecule has 2 saturated heterocycles. The van der Waals surface area contributed by atoms with E-state index in [4.69, 9.17) is 0 Å². The minimum atomic E-state index is -3.92. The van der Waals surface area contributed by atoms with Crippen molar-refractivity contribution in [3.05, 3.63) is 30.1 Å². The molecule has 2 heterocycles. The predicted octanol–water partition coefficient (Wildman–Crippen LogP) is 0.199. The average molecular weight is 357 g/mol. The fourth-order valence-electron chi connectivity index (χ4n) is 3.37. The molecule has 8 heteroatoms. The molecule has 2 aliphatic heterocycles. The molecule has 0 bridgehead atoms. The van der Waals surface area contributed by atoms with Crippen molar-refractivity contribution in [2.45, 2.75) is 16.9 Å². The monoisotopic (exact) mass is 357 g/mol. The van der Waals surface area contributed by atoms with E-state index in [1.165, 1.54) is 22.5 Å². The zero-order chi connectivity index (χ0) is 17.4. The minimum Gasteiger partial charge on any atom is -0.387 e. The number of piperazine rings is 1. The summed E-state index contributed by atoms with van der Waals surface area (Å²) >= 11 is 0. The van der Waals surface area contributed by atoms with Crippen LogP contribution >= 0.6 is 0 Å². The average Bonchev–Trinajstić information content (AvgIpc) is 2.93. The van der Waals surface area contributed by atoms with E-state index in [1.54, 1.807) is 0 Å². The molecule has 0 spiro atoms. The van der Waals surface area contributed by atoms with Gasteiger partial charge in [-0.25, -0.2) is 12.8 Å². The third-order valence-electron chi connectivity index (χ3n) is 4.87. The lowest BCUT2D eigenvalue weighted by molar-refractivity contribution is 0.00423. The first-order valence-electron chi connectivity index (χ1n) is 8.18. The van der Waals surface area contributed by atoms with Gasteiger partial charge in [0.2, 0.25) is 10.0 Å². The summed E-state index contributed by atoms with van der Waals surface area (Å²) in [4.78, 5) is 4.07. The first kappa shape index (κ1) is 17.8. The molecular weight excluding hydrogens is 333 g/mol. The highest BCUT2D eigenvalue weighted by Gasteiger charge is 2.43. The minimum absolute atomic E-state index is 0.00993. The lowest BCUT2D eigenvalue weighted by Crippen LogP contribution is -2.52. The van der Waals surface area contributed by atoms with Gasteiger partial charge in [-0.2, -0.15) is 4.31 Å². The van der Waals surface area contributed by atoms with Gasteiger partial charge in [-0.05, 0) is 25.6 Å². The van der Waals surface area contributed by atoms with Crippen molar-refractivity contribution in [3.63, 3.8) is 0 Å². The summed E-state index contributed by atoms with van der Waals surface area (Å²) in [7, 11) is -1.86. The van der Waals surface area contributed by atoms with Gasteiger partial charge in [0.15, 0.2) is 0 Å². The predicted molar refractivity (Wildman–Crippen MR) is 88.7 cm³/mol. The van der Waals surface area contributed by atoms with Crippen LogP contribution in [0.4, 0.5) is 4.39 Å². The Morgan fingerprint density at radius 3 is 2.50 bits per heavy atom. The van der Waals surface area contributed by atoms with Crippen molar-refractivity contribution in [1.82, 2.24) is 14.1 Å². The number of β-amino-alcohol motifs (C(OH)–C–C–N with tert-alkyl or cyclic N) is 1. The van der Waals surface area contributed by atoms with E-state index < -0.39 is 21.4 Å². The number of benzene rings is 1. The number of hydrogen-bond acceptors (Lipinski definition) is 5. The van der Waals surface area contributed by atoms with Crippen LogP contribution in [0.25, 0.3) is 0 Å².